The maximum absolute atomic E-state index is 4.60. The summed E-state index contributed by atoms with van der Waals surface area (Å²) in [6, 6.07) is 0. The summed E-state index contributed by atoms with van der Waals surface area (Å²) >= 11 is 0. The standard InChI is InChI=1S/C12H15N/c1-2-4-12-9(3-1)7-11-8-10(12)5-6-13-11/h1-4,9-10,12H,5-8H2. The quantitative estimate of drug-likeness (QED) is 0.534. The third kappa shape index (κ3) is 1.18. The molecule has 0 N–H and O–H groups in total. The van der Waals surface area contributed by atoms with Crippen LogP contribution in [0.2, 0.25) is 0 Å². The first kappa shape index (κ1) is 7.54. The molecule has 3 unspecified atom stereocenters. The lowest BCUT2D eigenvalue weighted by molar-refractivity contribution is 0.279. The van der Waals surface area contributed by atoms with Crippen molar-refractivity contribution in [3.63, 3.8) is 0 Å². The van der Waals surface area contributed by atoms with E-state index in [2.05, 4.69) is 29.3 Å². The smallest absolute Gasteiger partial charge is 0.0391 e. The van der Waals surface area contributed by atoms with Gasteiger partial charge in [0, 0.05) is 12.3 Å². The van der Waals surface area contributed by atoms with Gasteiger partial charge in [0.2, 0.25) is 0 Å². The van der Waals surface area contributed by atoms with E-state index in [4.69, 9.17) is 0 Å². The number of allylic oxidation sites excluding steroid dienone is 4. The third-order valence-electron chi connectivity index (χ3n) is 3.65. The van der Waals surface area contributed by atoms with Gasteiger partial charge in [0.05, 0.1) is 0 Å². The zero-order valence-electron chi connectivity index (χ0n) is 7.82. The fourth-order valence-corrected chi connectivity index (χ4v) is 2.99. The summed E-state index contributed by atoms with van der Waals surface area (Å²) in [7, 11) is 0. The number of rotatable bonds is 0. The summed E-state index contributed by atoms with van der Waals surface area (Å²) in [4.78, 5) is 4.60. The average Bonchev–Trinajstić information content (AvgIpc) is 2.18. The number of fused-ring (bicyclic) bond motifs is 4. The van der Waals surface area contributed by atoms with E-state index >= 15 is 0 Å². The Balaban J connectivity index is 1.93. The molecule has 1 heterocycles. The monoisotopic (exact) mass is 173 g/mol. The average molecular weight is 173 g/mol. The van der Waals surface area contributed by atoms with Gasteiger partial charge in [-0.15, -0.1) is 0 Å². The molecule has 3 rings (SSSR count). The minimum absolute atomic E-state index is 0.766. The van der Waals surface area contributed by atoms with E-state index < -0.39 is 0 Å². The van der Waals surface area contributed by atoms with Crippen LogP contribution in [0.3, 0.4) is 0 Å². The fraction of sp³-hybridized carbons (Fsp3) is 0.583. The molecule has 2 bridgehead atoms. The highest BCUT2D eigenvalue weighted by Gasteiger charge is 2.35. The van der Waals surface area contributed by atoms with Crippen molar-refractivity contribution in [2.45, 2.75) is 19.3 Å². The molecule has 68 valence electrons. The van der Waals surface area contributed by atoms with Gasteiger partial charge in [0.25, 0.3) is 0 Å². The highest BCUT2D eigenvalue weighted by Crippen LogP contribution is 2.40. The lowest BCUT2D eigenvalue weighted by Crippen LogP contribution is -2.34. The van der Waals surface area contributed by atoms with Crippen molar-refractivity contribution in [3.05, 3.63) is 24.3 Å². The number of aliphatic imine (C=N–C) groups is 1. The third-order valence-corrected chi connectivity index (χ3v) is 3.65. The molecule has 0 radical (unpaired) electrons. The van der Waals surface area contributed by atoms with Crippen molar-refractivity contribution in [2.24, 2.45) is 22.7 Å². The van der Waals surface area contributed by atoms with Crippen LogP contribution in [0.25, 0.3) is 0 Å². The molecule has 1 heteroatoms. The van der Waals surface area contributed by atoms with Crippen LogP contribution >= 0.6 is 0 Å². The molecule has 3 atom stereocenters. The van der Waals surface area contributed by atoms with Crippen LogP contribution in [-0.2, 0) is 0 Å². The number of hydrogen-bond donors (Lipinski definition) is 0. The first-order valence-electron chi connectivity index (χ1n) is 5.31. The first-order chi connectivity index (χ1) is 6.43. The van der Waals surface area contributed by atoms with Crippen LogP contribution < -0.4 is 0 Å². The lowest BCUT2D eigenvalue weighted by Gasteiger charge is -2.39. The van der Waals surface area contributed by atoms with Gasteiger partial charge in [0.1, 0.15) is 0 Å². The topological polar surface area (TPSA) is 12.4 Å². The molecule has 1 saturated carbocycles. The summed E-state index contributed by atoms with van der Waals surface area (Å²) in [5.41, 5.74) is 1.48. The molecule has 2 aliphatic carbocycles. The van der Waals surface area contributed by atoms with Gasteiger partial charge < -0.3 is 0 Å². The van der Waals surface area contributed by atoms with Crippen molar-refractivity contribution in [1.29, 1.82) is 0 Å². The van der Waals surface area contributed by atoms with Gasteiger partial charge >= 0.3 is 0 Å². The van der Waals surface area contributed by atoms with E-state index in [1.54, 1.807) is 0 Å². The van der Waals surface area contributed by atoms with Gasteiger partial charge in [-0.1, -0.05) is 24.3 Å². The Hall–Kier alpha value is -0.850. The molecule has 0 spiro atoms. The second kappa shape index (κ2) is 2.83. The molecule has 0 aromatic rings. The predicted octanol–water partition coefficient (Wildman–Crippen LogP) is 2.60. The normalized spacial score (nSPS) is 41.2. The van der Waals surface area contributed by atoms with Crippen LogP contribution in [0.4, 0.5) is 0 Å². The van der Waals surface area contributed by atoms with E-state index in [1.165, 1.54) is 25.0 Å². The maximum atomic E-state index is 4.60. The van der Waals surface area contributed by atoms with Crippen LogP contribution in [-0.4, -0.2) is 12.3 Å². The zero-order chi connectivity index (χ0) is 8.67. The van der Waals surface area contributed by atoms with Crippen molar-refractivity contribution in [1.82, 2.24) is 0 Å². The molecule has 0 aromatic heterocycles. The Morgan fingerprint density at radius 2 is 2.08 bits per heavy atom. The summed E-state index contributed by atoms with van der Waals surface area (Å²) in [5, 5.41) is 0. The molecule has 0 amide bonds. The van der Waals surface area contributed by atoms with Crippen molar-refractivity contribution in [2.75, 3.05) is 6.54 Å². The van der Waals surface area contributed by atoms with Crippen LogP contribution in [0, 0.1) is 17.8 Å². The Bertz CT molecular complexity index is 298. The van der Waals surface area contributed by atoms with Gasteiger partial charge in [0.15, 0.2) is 0 Å². The SMILES string of the molecule is C1=CC2CC3=NCCC(C3)C2C=C1. The van der Waals surface area contributed by atoms with Gasteiger partial charge in [-0.3, -0.25) is 4.99 Å². The van der Waals surface area contributed by atoms with Gasteiger partial charge in [-0.25, -0.2) is 0 Å². The molecule has 0 aromatic carbocycles. The Morgan fingerprint density at radius 1 is 1.15 bits per heavy atom. The minimum atomic E-state index is 0.766. The second-order valence-corrected chi connectivity index (χ2v) is 4.42. The van der Waals surface area contributed by atoms with Crippen molar-refractivity contribution in [3.8, 4) is 0 Å². The van der Waals surface area contributed by atoms with E-state index in [-0.39, 0.29) is 0 Å². The van der Waals surface area contributed by atoms with Crippen LogP contribution in [0.1, 0.15) is 19.3 Å². The molecular weight excluding hydrogens is 158 g/mol. The molecule has 3 aliphatic rings. The highest BCUT2D eigenvalue weighted by molar-refractivity contribution is 5.86. The summed E-state index contributed by atoms with van der Waals surface area (Å²) < 4.78 is 0. The van der Waals surface area contributed by atoms with Crippen molar-refractivity contribution < 1.29 is 0 Å². The predicted molar refractivity (Wildman–Crippen MR) is 54.9 cm³/mol. The second-order valence-electron chi connectivity index (χ2n) is 4.42. The van der Waals surface area contributed by atoms with E-state index in [0.717, 1.165) is 24.3 Å². The highest BCUT2D eigenvalue weighted by atomic mass is 14.8. The van der Waals surface area contributed by atoms with E-state index in [0.29, 0.717) is 0 Å². The molecule has 1 nitrogen and oxygen atoms in total. The first-order valence-corrected chi connectivity index (χ1v) is 5.31. The largest absolute Gasteiger partial charge is 0.294 e. The van der Waals surface area contributed by atoms with Crippen LogP contribution in [0.15, 0.2) is 29.3 Å². The number of nitrogens with zero attached hydrogens (tertiary/aromatic N) is 1. The molecule has 1 fully saturated rings. The fourth-order valence-electron chi connectivity index (χ4n) is 2.99. The summed E-state index contributed by atoms with van der Waals surface area (Å²) in [6.45, 7) is 1.08. The lowest BCUT2D eigenvalue weighted by atomic mass is 9.67. The van der Waals surface area contributed by atoms with E-state index in [9.17, 15) is 0 Å². The zero-order valence-corrected chi connectivity index (χ0v) is 7.82. The Labute approximate surface area is 79.3 Å². The van der Waals surface area contributed by atoms with Gasteiger partial charge in [-0.05, 0) is 37.0 Å². The van der Waals surface area contributed by atoms with Crippen LogP contribution in [0.5, 0.6) is 0 Å². The molecule has 0 saturated heterocycles. The van der Waals surface area contributed by atoms with Crippen molar-refractivity contribution >= 4 is 5.71 Å². The minimum Gasteiger partial charge on any atom is -0.294 e. The Morgan fingerprint density at radius 3 is 3.08 bits per heavy atom. The summed E-state index contributed by atoms with van der Waals surface area (Å²) in [6.07, 6.45) is 13.0. The summed E-state index contributed by atoms with van der Waals surface area (Å²) in [5.74, 6) is 2.49. The maximum Gasteiger partial charge on any atom is 0.0391 e. The molecular formula is C12H15N. The molecule has 13 heavy (non-hydrogen) atoms. The van der Waals surface area contributed by atoms with E-state index in [1.807, 2.05) is 0 Å². The number of hydrogen-bond acceptors (Lipinski definition) is 1. The van der Waals surface area contributed by atoms with Gasteiger partial charge in [-0.2, -0.15) is 0 Å². The Kier molecular flexibility index (Phi) is 1.64. The molecule has 1 aliphatic heterocycles.